The summed E-state index contributed by atoms with van der Waals surface area (Å²) in [7, 11) is 1.88. The Bertz CT molecular complexity index is 520. The van der Waals surface area contributed by atoms with Crippen molar-refractivity contribution >= 4 is 0 Å². The van der Waals surface area contributed by atoms with Crippen LogP contribution >= 0.6 is 0 Å². The van der Waals surface area contributed by atoms with Gasteiger partial charge in [-0.1, -0.05) is 13.0 Å². The summed E-state index contributed by atoms with van der Waals surface area (Å²) in [6, 6.07) is 4.88. The molecule has 0 aliphatic heterocycles. The van der Waals surface area contributed by atoms with E-state index >= 15 is 0 Å². The monoisotopic (exact) mass is 247 g/mol. The lowest BCUT2D eigenvalue weighted by molar-refractivity contribution is 0.603. The number of benzene rings is 1. The number of nitrogens with zero attached hydrogens (tertiary/aromatic N) is 2. The summed E-state index contributed by atoms with van der Waals surface area (Å²) in [4.78, 5) is 0. The van der Waals surface area contributed by atoms with E-state index < -0.39 is 0 Å². The lowest BCUT2D eigenvalue weighted by Crippen LogP contribution is -2.06. The number of rotatable bonds is 5. The van der Waals surface area contributed by atoms with Crippen molar-refractivity contribution in [2.45, 2.75) is 26.4 Å². The molecule has 0 unspecified atom stereocenters. The highest BCUT2D eigenvalue weighted by atomic mass is 19.1. The second-order valence-electron chi connectivity index (χ2n) is 4.32. The van der Waals surface area contributed by atoms with E-state index in [1.165, 1.54) is 6.07 Å². The first-order chi connectivity index (χ1) is 8.74. The van der Waals surface area contributed by atoms with Crippen molar-refractivity contribution in [3.8, 4) is 11.1 Å². The first-order valence-corrected chi connectivity index (χ1v) is 6.20. The number of nitrogens with one attached hydrogen (secondary N) is 1. The van der Waals surface area contributed by atoms with Gasteiger partial charge in [-0.2, -0.15) is 5.10 Å². The molecule has 1 N–H and O–H groups in total. The van der Waals surface area contributed by atoms with E-state index in [0.717, 1.165) is 29.7 Å². The molecule has 0 radical (unpaired) electrons. The Labute approximate surface area is 107 Å². The van der Waals surface area contributed by atoms with Crippen LogP contribution in [0.25, 0.3) is 11.1 Å². The second-order valence-corrected chi connectivity index (χ2v) is 4.32. The van der Waals surface area contributed by atoms with Gasteiger partial charge in [0.15, 0.2) is 0 Å². The molecule has 1 heterocycles. The van der Waals surface area contributed by atoms with E-state index in [0.29, 0.717) is 6.54 Å². The molecule has 2 aromatic rings. The minimum Gasteiger partial charge on any atom is -0.316 e. The van der Waals surface area contributed by atoms with Crippen LogP contribution < -0.4 is 5.32 Å². The predicted molar refractivity (Wildman–Crippen MR) is 70.7 cm³/mol. The fourth-order valence-electron chi connectivity index (χ4n) is 2.02. The van der Waals surface area contributed by atoms with Crippen molar-refractivity contribution in [2.24, 2.45) is 0 Å². The third kappa shape index (κ3) is 2.76. The van der Waals surface area contributed by atoms with Gasteiger partial charge in [0, 0.05) is 24.8 Å². The van der Waals surface area contributed by atoms with Crippen molar-refractivity contribution in [2.75, 3.05) is 7.05 Å². The molecule has 0 saturated heterocycles. The first kappa shape index (κ1) is 12.8. The average molecular weight is 247 g/mol. The number of halogens is 1. The normalized spacial score (nSPS) is 10.8. The second kappa shape index (κ2) is 5.78. The van der Waals surface area contributed by atoms with E-state index in [9.17, 15) is 4.39 Å². The molecular formula is C14H18FN3. The van der Waals surface area contributed by atoms with Gasteiger partial charge in [0.05, 0.1) is 6.20 Å². The highest BCUT2D eigenvalue weighted by Crippen LogP contribution is 2.24. The summed E-state index contributed by atoms with van der Waals surface area (Å²) in [5.74, 6) is -0.215. The Morgan fingerprint density at radius 2 is 2.22 bits per heavy atom. The summed E-state index contributed by atoms with van der Waals surface area (Å²) >= 11 is 0. The maximum absolute atomic E-state index is 13.4. The lowest BCUT2D eigenvalue weighted by Gasteiger charge is -2.07. The Morgan fingerprint density at radius 3 is 2.94 bits per heavy atom. The molecule has 96 valence electrons. The molecule has 18 heavy (non-hydrogen) atoms. The van der Waals surface area contributed by atoms with Crippen molar-refractivity contribution in [3.63, 3.8) is 0 Å². The molecule has 0 atom stereocenters. The van der Waals surface area contributed by atoms with Crippen LogP contribution in [0, 0.1) is 5.82 Å². The van der Waals surface area contributed by atoms with Crippen LogP contribution in [0.4, 0.5) is 4.39 Å². The number of aryl methyl sites for hydroxylation is 1. The quantitative estimate of drug-likeness (QED) is 0.880. The van der Waals surface area contributed by atoms with Gasteiger partial charge in [-0.15, -0.1) is 0 Å². The van der Waals surface area contributed by atoms with Gasteiger partial charge in [-0.05, 0) is 36.7 Å². The Morgan fingerprint density at radius 1 is 1.39 bits per heavy atom. The molecule has 0 fully saturated rings. The molecule has 0 aliphatic carbocycles. The largest absolute Gasteiger partial charge is 0.316 e. The van der Waals surface area contributed by atoms with E-state index in [1.54, 1.807) is 12.3 Å². The first-order valence-electron chi connectivity index (χ1n) is 6.20. The van der Waals surface area contributed by atoms with Gasteiger partial charge >= 0.3 is 0 Å². The van der Waals surface area contributed by atoms with Gasteiger partial charge < -0.3 is 5.32 Å². The lowest BCUT2D eigenvalue weighted by atomic mass is 10.0. The molecule has 0 bridgehead atoms. The van der Waals surface area contributed by atoms with Crippen LogP contribution in [0.15, 0.2) is 30.6 Å². The van der Waals surface area contributed by atoms with Crippen LogP contribution in [-0.4, -0.2) is 16.8 Å². The third-order valence-corrected chi connectivity index (χ3v) is 2.84. The van der Waals surface area contributed by atoms with Crippen molar-refractivity contribution in [1.29, 1.82) is 0 Å². The van der Waals surface area contributed by atoms with Gasteiger partial charge in [0.1, 0.15) is 5.82 Å². The summed E-state index contributed by atoms with van der Waals surface area (Å²) < 4.78 is 15.3. The van der Waals surface area contributed by atoms with Crippen molar-refractivity contribution in [3.05, 3.63) is 42.0 Å². The van der Waals surface area contributed by atoms with E-state index in [4.69, 9.17) is 0 Å². The van der Waals surface area contributed by atoms with Crippen molar-refractivity contribution < 1.29 is 4.39 Å². The Hall–Kier alpha value is -1.68. The van der Waals surface area contributed by atoms with Crippen molar-refractivity contribution in [1.82, 2.24) is 15.1 Å². The van der Waals surface area contributed by atoms with E-state index in [-0.39, 0.29) is 5.82 Å². The molecule has 0 aliphatic rings. The number of hydrogen-bond acceptors (Lipinski definition) is 2. The molecular weight excluding hydrogens is 229 g/mol. The van der Waals surface area contributed by atoms with Crippen LogP contribution in [-0.2, 0) is 13.1 Å². The zero-order valence-corrected chi connectivity index (χ0v) is 10.8. The maximum Gasteiger partial charge on any atom is 0.123 e. The van der Waals surface area contributed by atoms with Crippen LogP contribution in [0.3, 0.4) is 0 Å². The van der Waals surface area contributed by atoms with Gasteiger partial charge in [-0.25, -0.2) is 4.39 Å². The van der Waals surface area contributed by atoms with Crippen LogP contribution in [0.1, 0.15) is 18.9 Å². The summed E-state index contributed by atoms with van der Waals surface area (Å²) in [5.41, 5.74) is 2.95. The number of aromatic nitrogens is 2. The molecule has 1 aromatic heterocycles. The standard InChI is InChI=1S/C14H18FN3/c1-3-6-18-10-12(9-17-18)14-7-13(15)5-4-11(14)8-16-2/h4-5,7,9-10,16H,3,6,8H2,1-2H3. The zero-order valence-electron chi connectivity index (χ0n) is 10.8. The fraction of sp³-hybridized carbons (Fsp3) is 0.357. The molecule has 1 aromatic carbocycles. The maximum atomic E-state index is 13.4. The predicted octanol–water partition coefficient (Wildman–Crippen LogP) is 2.82. The minimum absolute atomic E-state index is 0.215. The third-order valence-electron chi connectivity index (χ3n) is 2.84. The molecule has 3 nitrogen and oxygen atoms in total. The molecule has 0 saturated carbocycles. The van der Waals surface area contributed by atoms with Gasteiger partial charge in [-0.3, -0.25) is 4.68 Å². The van der Waals surface area contributed by atoms with Crippen LogP contribution in [0.2, 0.25) is 0 Å². The fourth-order valence-corrected chi connectivity index (χ4v) is 2.02. The molecule has 0 amide bonds. The molecule has 4 heteroatoms. The average Bonchev–Trinajstić information content (AvgIpc) is 2.81. The van der Waals surface area contributed by atoms with Gasteiger partial charge in [0.25, 0.3) is 0 Å². The summed E-state index contributed by atoms with van der Waals surface area (Å²) in [6.45, 7) is 3.71. The SMILES string of the molecule is CCCn1cc(-c2cc(F)ccc2CNC)cn1. The zero-order chi connectivity index (χ0) is 13.0. The minimum atomic E-state index is -0.215. The Balaban J connectivity index is 2.37. The highest BCUT2D eigenvalue weighted by Gasteiger charge is 2.08. The smallest absolute Gasteiger partial charge is 0.123 e. The number of hydrogen-bond donors (Lipinski definition) is 1. The van der Waals surface area contributed by atoms with Gasteiger partial charge in [0.2, 0.25) is 0 Å². The summed E-state index contributed by atoms with van der Waals surface area (Å²) in [5, 5.41) is 7.38. The van der Waals surface area contributed by atoms with E-state index in [1.807, 2.05) is 24.0 Å². The topological polar surface area (TPSA) is 29.9 Å². The Kier molecular flexibility index (Phi) is 4.10. The summed E-state index contributed by atoms with van der Waals surface area (Å²) in [6.07, 6.45) is 4.80. The van der Waals surface area contributed by atoms with Crippen LogP contribution in [0.5, 0.6) is 0 Å². The molecule has 0 spiro atoms. The highest BCUT2D eigenvalue weighted by molar-refractivity contribution is 5.66. The molecule has 2 rings (SSSR count). The van der Waals surface area contributed by atoms with E-state index in [2.05, 4.69) is 17.3 Å².